The first kappa shape index (κ1) is 13.6. The standard InChI is InChI=1S/C11H8BrCl2FN2O/c1-16-9(5-12)10(14)11(18)17(16)6-2-3-8(15)7(13)4-6/h2-4H,5H2,1H3. The molecule has 2 aromatic rings. The van der Waals surface area contributed by atoms with E-state index in [-0.39, 0.29) is 15.6 Å². The molecule has 0 saturated heterocycles. The fourth-order valence-electron chi connectivity index (χ4n) is 1.67. The maximum atomic E-state index is 13.1. The van der Waals surface area contributed by atoms with Gasteiger partial charge in [0, 0.05) is 12.4 Å². The van der Waals surface area contributed by atoms with Crippen LogP contribution in [-0.4, -0.2) is 9.36 Å². The van der Waals surface area contributed by atoms with Gasteiger partial charge in [0.15, 0.2) is 0 Å². The van der Waals surface area contributed by atoms with E-state index < -0.39 is 5.82 Å². The summed E-state index contributed by atoms with van der Waals surface area (Å²) in [6.07, 6.45) is 0. The molecule has 96 valence electrons. The zero-order chi connectivity index (χ0) is 13.4. The molecule has 1 heterocycles. The SMILES string of the molecule is Cn1c(CBr)c(Cl)c(=O)n1-c1ccc(F)c(Cl)c1. The van der Waals surface area contributed by atoms with Gasteiger partial charge in [-0.15, -0.1) is 0 Å². The second kappa shape index (κ2) is 5.07. The molecule has 0 amide bonds. The Bertz CT molecular complexity index is 666. The van der Waals surface area contributed by atoms with Crippen molar-refractivity contribution in [1.29, 1.82) is 0 Å². The number of benzene rings is 1. The molecule has 1 aromatic heterocycles. The van der Waals surface area contributed by atoms with Crippen LogP contribution in [-0.2, 0) is 12.4 Å². The normalized spacial score (nSPS) is 10.9. The summed E-state index contributed by atoms with van der Waals surface area (Å²) in [5, 5.41) is 0.534. The molecule has 0 aliphatic heterocycles. The van der Waals surface area contributed by atoms with Gasteiger partial charge in [0.05, 0.1) is 16.4 Å². The molecule has 3 nitrogen and oxygen atoms in total. The summed E-state index contributed by atoms with van der Waals surface area (Å²) in [7, 11) is 1.70. The Balaban J connectivity index is 2.71. The monoisotopic (exact) mass is 352 g/mol. The first-order valence-corrected chi connectivity index (χ1v) is 6.83. The summed E-state index contributed by atoms with van der Waals surface area (Å²) in [5.74, 6) is -0.533. The van der Waals surface area contributed by atoms with Crippen molar-refractivity contribution in [3.05, 3.63) is 50.1 Å². The molecule has 7 heteroatoms. The summed E-state index contributed by atoms with van der Waals surface area (Å²) in [6.45, 7) is 0. The van der Waals surface area contributed by atoms with Crippen LogP contribution in [0.3, 0.4) is 0 Å². The van der Waals surface area contributed by atoms with E-state index in [0.29, 0.717) is 16.7 Å². The lowest BCUT2D eigenvalue weighted by Crippen LogP contribution is -2.19. The molecule has 0 aliphatic carbocycles. The predicted octanol–water partition coefficient (Wildman–Crippen LogP) is 3.52. The molecular weight excluding hydrogens is 346 g/mol. The molecule has 0 saturated carbocycles. The highest BCUT2D eigenvalue weighted by Gasteiger charge is 2.16. The van der Waals surface area contributed by atoms with Gasteiger partial charge in [0.2, 0.25) is 0 Å². The van der Waals surface area contributed by atoms with Crippen LogP contribution in [0.15, 0.2) is 23.0 Å². The maximum Gasteiger partial charge on any atom is 0.290 e. The molecule has 0 spiro atoms. The second-order valence-corrected chi connectivity index (χ2v) is 4.98. The quantitative estimate of drug-likeness (QED) is 0.759. The van der Waals surface area contributed by atoms with Crippen molar-refractivity contribution in [3.8, 4) is 5.69 Å². The van der Waals surface area contributed by atoms with E-state index >= 15 is 0 Å². The minimum Gasteiger partial charge on any atom is -0.283 e. The average Bonchev–Trinajstić information content (AvgIpc) is 2.54. The second-order valence-electron chi connectivity index (χ2n) is 3.63. The maximum absolute atomic E-state index is 13.1. The smallest absolute Gasteiger partial charge is 0.283 e. The Kier molecular flexibility index (Phi) is 3.84. The van der Waals surface area contributed by atoms with Crippen molar-refractivity contribution in [2.75, 3.05) is 0 Å². The Morgan fingerprint density at radius 1 is 1.39 bits per heavy atom. The Hall–Kier alpha value is -0.780. The van der Waals surface area contributed by atoms with Crippen LogP contribution in [0.2, 0.25) is 10.0 Å². The summed E-state index contributed by atoms with van der Waals surface area (Å²) in [5.41, 5.74) is 0.737. The molecule has 2 rings (SSSR count). The van der Waals surface area contributed by atoms with Crippen molar-refractivity contribution in [2.24, 2.45) is 7.05 Å². The number of hydrogen-bond donors (Lipinski definition) is 0. The van der Waals surface area contributed by atoms with Crippen LogP contribution in [0.4, 0.5) is 4.39 Å². The highest BCUT2D eigenvalue weighted by Crippen LogP contribution is 2.21. The molecule has 0 N–H and O–H groups in total. The first-order valence-electron chi connectivity index (χ1n) is 4.95. The third kappa shape index (κ3) is 2.11. The zero-order valence-corrected chi connectivity index (χ0v) is 12.4. The predicted molar refractivity (Wildman–Crippen MR) is 73.6 cm³/mol. The van der Waals surface area contributed by atoms with Gasteiger partial charge in [-0.2, -0.15) is 0 Å². The molecule has 0 fully saturated rings. The van der Waals surface area contributed by atoms with E-state index in [2.05, 4.69) is 15.9 Å². The lowest BCUT2D eigenvalue weighted by Gasteiger charge is -2.09. The van der Waals surface area contributed by atoms with Crippen LogP contribution in [0, 0.1) is 5.82 Å². The Morgan fingerprint density at radius 3 is 2.56 bits per heavy atom. The van der Waals surface area contributed by atoms with Gasteiger partial charge < -0.3 is 0 Å². The number of alkyl halides is 1. The zero-order valence-electron chi connectivity index (χ0n) is 9.25. The lowest BCUT2D eigenvalue weighted by molar-refractivity contribution is 0.615. The van der Waals surface area contributed by atoms with Crippen LogP contribution in [0.25, 0.3) is 5.69 Å². The average molecular weight is 354 g/mol. The largest absolute Gasteiger partial charge is 0.290 e. The first-order chi connectivity index (χ1) is 8.47. The van der Waals surface area contributed by atoms with E-state index in [9.17, 15) is 9.18 Å². The highest BCUT2D eigenvalue weighted by atomic mass is 79.9. The molecule has 0 radical (unpaired) electrons. The van der Waals surface area contributed by atoms with Crippen molar-refractivity contribution in [1.82, 2.24) is 9.36 Å². The van der Waals surface area contributed by atoms with E-state index in [0.717, 1.165) is 0 Å². The van der Waals surface area contributed by atoms with Crippen molar-refractivity contribution >= 4 is 39.1 Å². The van der Waals surface area contributed by atoms with E-state index in [1.165, 1.54) is 22.9 Å². The van der Waals surface area contributed by atoms with Crippen molar-refractivity contribution < 1.29 is 4.39 Å². The summed E-state index contributed by atoms with van der Waals surface area (Å²) >= 11 is 14.9. The van der Waals surface area contributed by atoms with Crippen LogP contribution < -0.4 is 5.56 Å². The van der Waals surface area contributed by atoms with E-state index in [1.54, 1.807) is 11.7 Å². The Morgan fingerprint density at radius 2 is 2.06 bits per heavy atom. The molecular formula is C11H8BrCl2FN2O. The number of halogens is 4. The molecule has 0 bridgehead atoms. The number of hydrogen-bond acceptors (Lipinski definition) is 1. The van der Waals surface area contributed by atoms with Crippen LogP contribution in [0.5, 0.6) is 0 Å². The van der Waals surface area contributed by atoms with Gasteiger partial charge in [-0.05, 0) is 18.2 Å². The molecule has 0 unspecified atom stereocenters. The molecule has 1 aromatic carbocycles. The fourth-order valence-corrected chi connectivity index (χ4v) is 2.92. The van der Waals surface area contributed by atoms with Gasteiger partial charge >= 0.3 is 0 Å². The van der Waals surface area contributed by atoms with Gasteiger partial charge in [0.25, 0.3) is 5.56 Å². The third-order valence-electron chi connectivity index (χ3n) is 2.60. The summed E-state index contributed by atoms with van der Waals surface area (Å²) in [6, 6.07) is 4.06. The fraction of sp³-hybridized carbons (Fsp3) is 0.182. The topological polar surface area (TPSA) is 26.9 Å². The van der Waals surface area contributed by atoms with Crippen molar-refractivity contribution in [2.45, 2.75) is 5.33 Å². The van der Waals surface area contributed by atoms with Gasteiger partial charge in [0.1, 0.15) is 10.8 Å². The molecule has 0 atom stereocenters. The molecule has 0 aliphatic rings. The highest BCUT2D eigenvalue weighted by molar-refractivity contribution is 9.08. The minimum atomic E-state index is -0.533. The molecule has 18 heavy (non-hydrogen) atoms. The number of aromatic nitrogens is 2. The van der Waals surface area contributed by atoms with Crippen molar-refractivity contribution in [3.63, 3.8) is 0 Å². The van der Waals surface area contributed by atoms with E-state index in [4.69, 9.17) is 23.2 Å². The van der Waals surface area contributed by atoms with Crippen LogP contribution in [0.1, 0.15) is 5.69 Å². The number of rotatable bonds is 2. The third-order valence-corrected chi connectivity index (χ3v) is 3.80. The lowest BCUT2D eigenvalue weighted by atomic mass is 10.3. The summed E-state index contributed by atoms with van der Waals surface area (Å²) < 4.78 is 16.0. The van der Waals surface area contributed by atoms with Gasteiger partial charge in [-0.3, -0.25) is 9.48 Å². The van der Waals surface area contributed by atoms with Gasteiger partial charge in [-0.25, -0.2) is 9.07 Å². The number of nitrogens with zero attached hydrogens (tertiary/aromatic N) is 2. The van der Waals surface area contributed by atoms with E-state index in [1.807, 2.05) is 0 Å². The Labute approximate surface area is 121 Å². The minimum absolute atomic E-state index is 0.0443. The van der Waals surface area contributed by atoms with Gasteiger partial charge in [-0.1, -0.05) is 39.1 Å². The van der Waals surface area contributed by atoms with Crippen LogP contribution >= 0.6 is 39.1 Å². The summed E-state index contributed by atoms with van der Waals surface area (Å²) in [4.78, 5) is 12.0.